The second-order valence-electron chi connectivity index (χ2n) is 4.78. The number of nitrogens with zero attached hydrogens (tertiary/aromatic N) is 2. The molecule has 0 aromatic heterocycles. The number of anilines is 1. The Hall–Kier alpha value is -2.89. The molecule has 1 amide bonds. The van der Waals surface area contributed by atoms with Gasteiger partial charge in [0.25, 0.3) is 11.6 Å². The number of nitro groups is 1. The molecule has 0 radical (unpaired) electrons. The quantitative estimate of drug-likeness (QED) is 0.628. The molecule has 0 bridgehead atoms. The highest BCUT2D eigenvalue weighted by atomic mass is 16.6. The number of para-hydroxylation sites is 1. The lowest BCUT2D eigenvalue weighted by molar-refractivity contribution is -0.384. The van der Waals surface area contributed by atoms with Gasteiger partial charge in [0.1, 0.15) is 5.75 Å². The molecule has 0 spiro atoms. The third kappa shape index (κ3) is 3.60. The summed E-state index contributed by atoms with van der Waals surface area (Å²) in [4.78, 5) is 23.7. The third-order valence-corrected chi connectivity index (χ3v) is 3.27. The van der Waals surface area contributed by atoms with Gasteiger partial charge in [-0.25, -0.2) is 0 Å². The maximum Gasteiger partial charge on any atom is 0.269 e. The van der Waals surface area contributed by atoms with E-state index in [0.717, 1.165) is 5.56 Å². The normalized spacial score (nSPS) is 10.1. The SMILES string of the molecule is Cc1ccccc1OCC(=O)N(C)c1ccc([N+](=O)[O-])cc1. The van der Waals surface area contributed by atoms with Gasteiger partial charge in [0.05, 0.1) is 4.92 Å². The molecule has 0 N–H and O–H groups in total. The minimum absolute atomic E-state index is 0.0132. The number of nitro benzene ring substituents is 1. The van der Waals surface area contributed by atoms with E-state index in [0.29, 0.717) is 11.4 Å². The van der Waals surface area contributed by atoms with E-state index < -0.39 is 4.92 Å². The minimum Gasteiger partial charge on any atom is -0.483 e. The van der Waals surface area contributed by atoms with E-state index in [1.807, 2.05) is 25.1 Å². The van der Waals surface area contributed by atoms with Gasteiger partial charge in [0.15, 0.2) is 6.61 Å². The summed E-state index contributed by atoms with van der Waals surface area (Å²) in [6.45, 7) is 1.80. The first-order valence-electron chi connectivity index (χ1n) is 6.68. The maximum absolute atomic E-state index is 12.1. The van der Waals surface area contributed by atoms with Crippen LogP contribution in [-0.4, -0.2) is 24.5 Å². The van der Waals surface area contributed by atoms with E-state index in [9.17, 15) is 14.9 Å². The van der Waals surface area contributed by atoms with Crippen LogP contribution in [0.4, 0.5) is 11.4 Å². The minimum atomic E-state index is -0.479. The van der Waals surface area contributed by atoms with Crippen LogP contribution in [0.3, 0.4) is 0 Å². The van der Waals surface area contributed by atoms with Crippen LogP contribution in [-0.2, 0) is 4.79 Å². The van der Waals surface area contributed by atoms with E-state index >= 15 is 0 Å². The summed E-state index contributed by atoms with van der Waals surface area (Å²) in [7, 11) is 1.60. The molecule has 2 rings (SSSR count). The predicted molar refractivity (Wildman–Crippen MR) is 83.2 cm³/mol. The molecule has 6 heteroatoms. The van der Waals surface area contributed by atoms with Crippen LogP contribution in [0.25, 0.3) is 0 Å². The first-order valence-corrected chi connectivity index (χ1v) is 6.68. The van der Waals surface area contributed by atoms with Crippen molar-refractivity contribution >= 4 is 17.3 Å². The Kier molecular flexibility index (Phi) is 4.73. The van der Waals surface area contributed by atoms with Gasteiger partial charge in [0, 0.05) is 24.9 Å². The summed E-state index contributed by atoms with van der Waals surface area (Å²) in [5, 5.41) is 10.6. The number of hydrogen-bond acceptors (Lipinski definition) is 4. The number of ether oxygens (including phenoxy) is 1. The number of rotatable bonds is 5. The molecule has 0 aliphatic heterocycles. The lowest BCUT2D eigenvalue weighted by Crippen LogP contribution is -2.31. The Morgan fingerprint density at radius 2 is 1.82 bits per heavy atom. The van der Waals surface area contributed by atoms with Crippen molar-refractivity contribution in [2.45, 2.75) is 6.92 Å². The summed E-state index contributed by atoms with van der Waals surface area (Å²) in [6, 6.07) is 13.2. The Morgan fingerprint density at radius 1 is 1.18 bits per heavy atom. The van der Waals surface area contributed by atoms with Crippen LogP contribution in [0, 0.1) is 17.0 Å². The van der Waals surface area contributed by atoms with Crippen molar-refractivity contribution in [3.8, 4) is 5.75 Å². The van der Waals surface area contributed by atoms with Crippen LogP contribution < -0.4 is 9.64 Å². The van der Waals surface area contributed by atoms with Gasteiger partial charge >= 0.3 is 0 Å². The van der Waals surface area contributed by atoms with Crippen molar-refractivity contribution in [1.29, 1.82) is 0 Å². The number of carbonyl (C=O) groups is 1. The van der Waals surface area contributed by atoms with Crippen molar-refractivity contribution in [3.05, 3.63) is 64.2 Å². The number of likely N-dealkylation sites (N-methyl/N-ethyl adjacent to an activating group) is 1. The average Bonchev–Trinajstić information content (AvgIpc) is 2.53. The Bertz CT molecular complexity index is 683. The number of benzene rings is 2. The number of aryl methyl sites for hydroxylation is 1. The van der Waals surface area contributed by atoms with Gasteiger partial charge in [0.2, 0.25) is 0 Å². The molecule has 2 aromatic rings. The lowest BCUT2D eigenvalue weighted by atomic mass is 10.2. The second kappa shape index (κ2) is 6.71. The van der Waals surface area contributed by atoms with Gasteiger partial charge in [-0.3, -0.25) is 14.9 Å². The monoisotopic (exact) mass is 300 g/mol. The summed E-state index contributed by atoms with van der Waals surface area (Å²) >= 11 is 0. The highest BCUT2D eigenvalue weighted by Crippen LogP contribution is 2.19. The fraction of sp³-hybridized carbons (Fsp3) is 0.188. The van der Waals surface area contributed by atoms with E-state index in [-0.39, 0.29) is 18.2 Å². The molecule has 0 unspecified atom stereocenters. The predicted octanol–water partition coefficient (Wildman–Crippen LogP) is 2.95. The lowest BCUT2D eigenvalue weighted by Gasteiger charge is -2.18. The highest BCUT2D eigenvalue weighted by molar-refractivity contribution is 5.94. The van der Waals surface area contributed by atoms with Crippen molar-refractivity contribution in [2.75, 3.05) is 18.6 Å². The zero-order valence-electron chi connectivity index (χ0n) is 12.4. The smallest absolute Gasteiger partial charge is 0.269 e. The Balaban J connectivity index is 2.00. The second-order valence-corrected chi connectivity index (χ2v) is 4.78. The molecule has 0 heterocycles. The first-order chi connectivity index (χ1) is 10.5. The van der Waals surface area contributed by atoms with E-state index in [4.69, 9.17) is 4.74 Å². The van der Waals surface area contributed by atoms with Crippen LogP contribution in [0.15, 0.2) is 48.5 Å². The Labute approximate surface area is 128 Å². The fourth-order valence-electron chi connectivity index (χ4n) is 1.90. The molecule has 0 saturated carbocycles. The van der Waals surface area contributed by atoms with Gasteiger partial charge in [-0.2, -0.15) is 0 Å². The van der Waals surface area contributed by atoms with Gasteiger partial charge in [-0.1, -0.05) is 18.2 Å². The molecule has 0 atom stereocenters. The summed E-state index contributed by atoms with van der Waals surface area (Å²) in [6.07, 6.45) is 0. The van der Waals surface area contributed by atoms with Gasteiger partial charge in [-0.05, 0) is 30.7 Å². The molecule has 0 aliphatic carbocycles. The van der Waals surface area contributed by atoms with Crippen molar-refractivity contribution in [1.82, 2.24) is 0 Å². The molecule has 0 aliphatic rings. The van der Waals surface area contributed by atoms with Gasteiger partial charge in [-0.15, -0.1) is 0 Å². The number of hydrogen-bond donors (Lipinski definition) is 0. The number of carbonyl (C=O) groups excluding carboxylic acids is 1. The van der Waals surface area contributed by atoms with Crippen LogP contribution >= 0.6 is 0 Å². The fourth-order valence-corrected chi connectivity index (χ4v) is 1.90. The van der Waals surface area contributed by atoms with Crippen molar-refractivity contribution < 1.29 is 14.5 Å². The summed E-state index contributed by atoms with van der Waals surface area (Å²) in [5.74, 6) is 0.421. The topological polar surface area (TPSA) is 72.7 Å². The molecular weight excluding hydrogens is 284 g/mol. The average molecular weight is 300 g/mol. The Morgan fingerprint density at radius 3 is 2.41 bits per heavy atom. The number of non-ortho nitro benzene ring substituents is 1. The van der Waals surface area contributed by atoms with E-state index in [1.54, 1.807) is 13.1 Å². The largest absolute Gasteiger partial charge is 0.483 e. The molecule has 6 nitrogen and oxygen atoms in total. The van der Waals surface area contributed by atoms with Crippen LogP contribution in [0.1, 0.15) is 5.56 Å². The zero-order chi connectivity index (χ0) is 16.1. The van der Waals surface area contributed by atoms with E-state index in [1.165, 1.54) is 29.2 Å². The van der Waals surface area contributed by atoms with Crippen LogP contribution in [0.5, 0.6) is 5.75 Å². The highest BCUT2D eigenvalue weighted by Gasteiger charge is 2.13. The van der Waals surface area contributed by atoms with Crippen molar-refractivity contribution in [3.63, 3.8) is 0 Å². The molecule has 0 saturated heterocycles. The first kappa shape index (κ1) is 15.5. The molecule has 2 aromatic carbocycles. The van der Waals surface area contributed by atoms with Crippen LogP contribution in [0.2, 0.25) is 0 Å². The summed E-state index contributed by atoms with van der Waals surface area (Å²) in [5.41, 5.74) is 1.51. The number of amides is 1. The third-order valence-electron chi connectivity index (χ3n) is 3.27. The molecule has 22 heavy (non-hydrogen) atoms. The molecule has 0 fully saturated rings. The van der Waals surface area contributed by atoms with E-state index in [2.05, 4.69) is 0 Å². The maximum atomic E-state index is 12.1. The standard InChI is InChI=1S/C16H16N2O4/c1-12-5-3-4-6-15(12)22-11-16(19)17(2)13-7-9-14(10-8-13)18(20)21/h3-10H,11H2,1-2H3. The summed E-state index contributed by atoms with van der Waals surface area (Å²) < 4.78 is 5.50. The van der Waals surface area contributed by atoms with Gasteiger partial charge < -0.3 is 9.64 Å². The molecule has 114 valence electrons. The zero-order valence-corrected chi connectivity index (χ0v) is 12.4. The van der Waals surface area contributed by atoms with Crippen molar-refractivity contribution in [2.24, 2.45) is 0 Å². The molecular formula is C16H16N2O4.